The van der Waals surface area contributed by atoms with E-state index in [0.717, 1.165) is 18.9 Å². The van der Waals surface area contributed by atoms with Crippen molar-refractivity contribution in [3.8, 4) is 0 Å². The molecule has 0 bridgehead atoms. The van der Waals surface area contributed by atoms with Gasteiger partial charge >= 0.3 is 6.03 Å². The Balaban J connectivity index is 0. The summed E-state index contributed by atoms with van der Waals surface area (Å²) in [7, 11) is 1.62. The molecule has 0 unspecified atom stereocenters. The van der Waals surface area contributed by atoms with E-state index in [0.29, 0.717) is 5.41 Å². The molecule has 0 spiro atoms. The summed E-state index contributed by atoms with van der Waals surface area (Å²) in [6.45, 7) is 13.8. The molecule has 0 atom stereocenters. The first-order valence-corrected chi connectivity index (χ1v) is 6.18. The lowest BCUT2D eigenvalue weighted by Crippen LogP contribution is -2.34. The van der Waals surface area contributed by atoms with E-state index < -0.39 is 0 Å². The van der Waals surface area contributed by atoms with Crippen molar-refractivity contribution in [2.45, 2.75) is 54.4 Å². The zero-order chi connectivity index (χ0) is 13.2. The van der Waals surface area contributed by atoms with Crippen LogP contribution in [0.3, 0.4) is 0 Å². The highest BCUT2D eigenvalue weighted by atomic mass is 16.2. The molecule has 98 valence electrons. The second-order valence-electron chi connectivity index (χ2n) is 5.62. The molecular formula is C13H30N2O. The van der Waals surface area contributed by atoms with Gasteiger partial charge < -0.3 is 10.6 Å². The summed E-state index contributed by atoms with van der Waals surface area (Å²) in [6.07, 6.45) is 2.31. The van der Waals surface area contributed by atoms with Gasteiger partial charge in [0.05, 0.1) is 0 Å². The lowest BCUT2D eigenvalue weighted by Gasteiger charge is -2.17. The van der Waals surface area contributed by atoms with Crippen LogP contribution in [0.1, 0.15) is 54.4 Å². The number of urea groups is 1. The van der Waals surface area contributed by atoms with Crippen LogP contribution in [-0.2, 0) is 0 Å². The fourth-order valence-electron chi connectivity index (χ4n) is 0.639. The van der Waals surface area contributed by atoms with Crippen LogP contribution in [-0.4, -0.2) is 19.6 Å². The topological polar surface area (TPSA) is 41.1 Å². The van der Waals surface area contributed by atoms with Gasteiger partial charge in [0.15, 0.2) is 0 Å². The maximum absolute atomic E-state index is 10.7. The van der Waals surface area contributed by atoms with Crippen LogP contribution in [0.25, 0.3) is 0 Å². The van der Waals surface area contributed by atoms with Crippen LogP contribution in [0.5, 0.6) is 0 Å². The maximum atomic E-state index is 10.7. The first kappa shape index (κ1) is 17.7. The molecule has 0 saturated heterocycles. The van der Waals surface area contributed by atoms with Gasteiger partial charge in [0.2, 0.25) is 0 Å². The van der Waals surface area contributed by atoms with E-state index in [2.05, 4.69) is 52.2 Å². The molecule has 0 aromatic rings. The van der Waals surface area contributed by atoms with Crippen molar-refractivity contribution in [2.75, 3.05) is 13.6 Å². The normalized spacial score (nSPS) is 10.5. The van der Waals surface area contributed by atoms with Gasteiger partial charge in [-0.2, -0.15) is 0 Å². The molecule has 0 radical (unpaired) electrons. The predicted octanol–water partition coefficient (Wildman–Crippen LogP) is 3.40. The molecular weight excluding hydrogens is 200 g/mol. The second kappa shape index (κ2) is 9.49. The van der Waals surface area contributed by atoms with Gasteiger partial charge in [-0.05, 0) is 17.8 Å². The molecule has 3 nitrogen and oxygen atoms in total. The Bertz CT molecular complexity index is 171. The first-order chi connectivity index (χ1) is 7.22. The SMILES string of the molecule is CCC(C)C.CNC(=O)NCCC(C)(C)C. The van der Waals surface area contributed by atoms with Crippen LogP contribution in [0.15, 0.2) is 0 Å². The second-order valence-corrected chi connectivity index (χ2v) is 5.62. The number of carbonyl (C=O) groups excluding carboxylic acids is 1. The summed E-state index contributed by atoms with van der Waals surface area (Å²) in [5, 5.41) is 5.24. The minimum Gasteiger partial charge on any atom is -0.341 e. The maximum Gasteiger partial charge on any atom is 0.314 e. The highest BCUT2D eigenvalue weighted by molar-refractivity contribution is 5.73. The Morgan fingerprint density at radius 2 is 1.69 bits per heavy atom. The minimum absolute atomic E-state index is 0.103. The van der Waals surface area contributed by atoms with Gasteiger partial charge in [-0.25, -0.2) is 4.79 Å². The molecule has 0 heterocycles. The predicted molar refractivity (Wildman–Crippen MR) is 71.7 cm³/mol. The van der Waals surface area contributed by atoms with Gasteiger partial charge in [0.25, 0.3) is 0 Å². The van der Waals surface area contributed by atoms with Gasteiger partial charge in [-0.15, -0.1) is 0 Å². The number of rotatable bonds is 3. The summed E-state index contributed by atoms with van der Waals surface area (Å²) < 4.78 is 0. The fourth-order valence-corrected chi connectivity index (χ4v) is 0.639. The molecule has 0 aliphatic heterocycles. The molecule has 16 heavy (non-hydrogen) atoms. The Kier molecular flexibility index (Phi) is 10.5. The Labute approximate surface area is 101 Å². The van der Waals surface area contributed by atoms with Crippen molar-refractivity contribution in [3.63, 3.8) is 0 Å². The lowest BCUT2D eigenvalue weighted by atomic mass is 9.92. The Morgan fingerprint density at radius 1 is 1.25 bits per heavy atom. The van der Waals surface area contributed by atoms with E-state index in [-0.39, 0.29) is 6.03 Å². The number of hydrogen-bond acceptors (Lipinski definition) is 1. The number of amides is 2. The molecule has 0 aromatic heterocycles. The number of nitrogens with one attached hydrogen (secondary N) is 2. The Morgan fingerprint density at radius 3 is 1.94 bits per heavy atom. The molecule has 2 amide bonds. The molecule has 0 aromatic carbocycles. The fraction of sp³-hybridized carbons (Fsp3) is 0.923. The van der Waals surface area contributed by atoms with Crippen LogP contribution in [0, 0.1) is 11.3 Å². The molecule has 0 saturated carbocycles. The highest BCUT2D eigenvalue weighted by Crippen LogP contribution is 2.16. The molecule has 3 heteroatoms. The van der Waals surface area contributed by atoms with Crippen molar-refractivity contribution in [1.29, 1.82) is 0 Å². The average Bonchev–Trinajstić information content (AvgIpc) is 2.16. The molecule has 0 rings (SSSR count). The van der Waals surface area contributed by atoms with Gasteiger partial charge in [-0.1, -0.05) is 48.0 Å². The first-order valence-electron chi connectivity index (χ1n) is 6.18. The minimum atomic E-state index is -0.103. The highest BCUT2D eigenvalue weighted by Gasteiger charge is 2.09. The summed E-state index contributed by atoms with van der Waals surface area (Å²) in [5.74, 6) is 0.884. The van der Waals surface area contributed by atoms with E-state index in [1.807, 2.05) is 0 Å². The average molecular weight is 230 g/mol. The van der Waals surface area contributed by atoms with Gasteiger partial charge in [-0.3, -0.25) is 0 Å². The summed E-state index contributed by atoms with van der Waals surface area (Å²) >= 11 is 0. The monoisotopic (exact) mass is 230 g/mol. The van der Waals surface area contributed by atoms with E-state index in [1.54, 1.807) is 7.05 Å². The molecule has 0 aliphatic rings. The van der Waals surface area contributed by atoms with Crippen molar-refractivity contribution < 1.29 is 4.79 Å². The quantitative estimate of drug-likeness (QED) is 0.766. The van der Waals surface area contributed by atoms with Crippen LogP contribution in [0.2, 0.25) is 0 Å². The van der Waals surface area contributed by atoms with E-state index >= 15 is 0 Å². The number of carbonyl (C=O) groups is 1. The summed E-state index contributed by atoms with van der Waals surface area (Å²) in [5.41, 5.74) is 0.293. The zero-order valence-corrected chi connectivity index (χ0v) is 12.1. The van der Waals surface area contributed by atoms with Gasteiger partial charge in [0, 0.05) is 13.6 Å². The molecule has 2 N–H and O–H groups in total. The van der Waals surface area contributed by atoms with E-state index in [4.69, 9.17) is 0 Å². The van der Waals surface area contributed by atoms with Crippen molar-refractivity contribution in [1.82, 2.24) is 10.6 Å². The number of hydrogen-bond donors (Lipinski definition) is 2. The summed E-state index contributed by atoms with van der Waals surface area (Å²) in [6, 6.07) is -0.103. The molecule has 0 fully saturated rings. The lowest BCUT2D eigenvalue weighted by molar-refractivity contribution is 0.240. The van der Waals surface area contributed by atoms with Crippen LogP contribution < -0.4 is 10.6 Å². The standard InChI is InChI=1S/C8H18N2O.C5H12/c1-8(2,3)5-6-10-7(11)9-4;1-4-5(2)3/h5-6H2,1-4H3,(H2,9,10,11);5H,4H2,1-3H3. The third-order valence-corrected chi connectivity index (χ3v) is 2.20. The van der Waals surface area contributed by atoms with Crippen LogP contribution in [0.4, 0.5) is 4.79 Å². The van der Waals surface area contributed by atoms with Crippen molar-refractivity contribution >= 4 is 6.03 Å². The Hall–Kier alpha value is -0.730. The smallest absolute Gasteiger partial charge is 0.314 e. The van der Waals surface area contributed by atoms with Crippen molar-refractivity contribution in [3.05, 3.63) is 0 Å². The summed E-state index contributed by atoms with van der Waals surface area (Å²) in [4.78, 5) is 10.7. The third-order valence-electron chi connectivity index (χ3n) is 2.20. The van der Waals surface area contributed by atoms with E-state index in [9.17, 15) is 4.79 Å². The third kappa shape index (κ3) is 18.9. The zero-order valence-electron chi connectivity index (χ0n) is 12.1. The largest absolute Gasteiger partial charge is 0.341 e. The van der Waals surface area contributed by atoms with Crippen LogP contribution >= 0.6 is 0 Å². The van der Waals surface area contributed by atoms with Crippen molar-refractivity contribution in [2.24, 2.45) is 11.3 Å². The van der Waals surface area contributed by atoms with Gasteiger partial charge in [0.1, 0.15) is 0 Å². The molecule has 0 aliphatic carbocycles. The van der Waals surface area contributed by atoms with E-state index in [1.165, 1.54) is 6.42 Å².